The van der Waals surface area contributed by atoms with Gasteiger partial charge in [0, 0.05) is 12.6 Å². The molecule has 3 heteroatoms. The third-order valence-electron chi connectivity index (χ3n) is 3.68. The van der Waals surface area contributed by atoms with E-state index in [0.717, 1.165) is 25.1 Å². The van der Waals surface area contributed by atoms with Crippen molar-refractivity contribution in [1.82, 2.24) is 4.90 Å². The molecule has 0 amide bonds. The van der Waals surface area contributed by atoms with Gasteiger partial charge in [-0.1, -0.05) is 18.2 Å². The molecule has 0 N–H and O–H groups in total. The molecule has 1 aliphatic carbocycles. The maximum absolute atomic E-state index is 5.46. The molecule has 2 rings (SSSR count). The second kappa shape index (κ2) is 6.81. The first kappa shape index (κ1) is 15.1. The quantitative estimate of drug-likeness (QED) is 0.778. The average Bonchev–Trinajstić information content (AvgIpc) is 2.37. The van der Waals surface area contributed by atoms with Crippen LogP contribution in [0.4, 0.5) is 0 Å². The van der Waals surface area contributed by atoms with Crippen molar-refractivity contribution < 1.29 is 4.74 Å². The van der Waals surface area contributed by atoms with Crippen LogP contribution in [0.2, 0.25) is 0 Å². The second-order valence-electron chi connectivity index (χ2n) is 4.72. The Morgan fingerprint density at radius 3 is 2.94 bits per heavy atom. The lowest BCUT2D eigenvalue weighted by Gasteiger charge is -2.32. The Hall–Kier alpha value is -0.990. The maximum atomic E-state index is 5.46. The van der Waals surface area contributed by atoms with Gasteiger partial charge in [0.05, 0.1) is 7.11 Å². The summed E-state index contributed by atoms with van der Waals surface area (Å²) >= 11 is 0. The van der Waals surface area contributed by atoms with Crippen molar-refractivity contribution >= 4 is 12.4 Å². The van der Waals surface area contributed by atoms with E-state index >= 15 is 0 Å². The Kier molecular flexibility index (Phi) is 5.70. The topological polar surface area (TPSA) is 12.5 Å². The van der Waals surface area contributed by atoms with E-state index in [2.05, 4.69) is 36.7 Å². The standard InChI is InChI=1S/C15H21NO.ClH/c1-4-10-16(2)13-9-8-12-6-5-7-15(17-3)14(12)11-13;/h4-7,13H,1,8-11H2,2-3H3;1H. The number of fused-ring (bicyclic) bond motifs is 1. The first-order chi connectivity index (χ1) is 8.26. The van der Waals surface area contributed by atoms with Crippen molar-refractivity contribution in [1.29, 1.82) is 0 Å². The molecule has 0 fully saturated rings. The van der Waals surface area contributed by atoms with Crippen LogP contribution in [0, 0.1) is 0 Å². The molecule has 1 aromatic rings. The normalized spacial score (nSPS) is 17.8. The molecule has 0 radical (unpaired) electrons. The number of aryl methyl sites for hydroxylation is 1. The number of benzene rings is 1. The molecule has 0 saturated heterocycles. The average molecular weight is 268 g/mol. The fourth-order valence-electron chi connectivity index (χ4n) is 2.66. The van der Waals surface area contributed by atoms with Gasteiger partial charge in [0.2, 0.25) is 0 Å². The molecule has 0 aromatic heterocycles. The van der Waals surface area contributed by atoms with Crippen LogP contribution in [-0.4, -0.2) is 31.6 Å². The van der Waals surface area contributed by atoms with Crippen molar-refractivity contribution in [3.8, 4) is 5.75 Å². The van der Waals surface area contributed by atoms with Gasteiger partial charge in [-0.05, 0) is 43.5 Å². The number of hydrogen-bond acceptors (Lipinski definition) is 2. The molecular formula is C15H22ClNO. The van der Waals surface area contributed by atoms with Crippen molar-refractivity contribution in [3.63, 3.8) is 0 Å². The Labute approximate surface area is 116 Å². The fourth-order valence-corrected chi connectivity index (χ4v) is 2.66. The summed E-state index contributed by atoms with van der Waals surface area (Å²) in [5.41, 5.74) is 2.84. The molecule has 1 aromatic carbocycles. The number of nitrogens with zero attached hydrogens (tertiary/aromatic N) is 1. The molecule has 2 nitrogen and oxygen atoms in total. The third-order valence-corrected chi connectivity index (χ3v) is 3.68. The number of halogens is 1. The van der Waals surface area contributed by atoms with Crippen LogP contribution in [0.25, 0.3) is 0 Å². The highest BCUT2D eigenvalue weighted by Gasteiger charge is 2.23. The highest BCUT2D eigenvalue weighted by Crippen LogP contribution is 2.30. The van der Waals surface area contributed by atoms with E-state index in [1.54, 1.807) is 7.11 Å². The second-order valence-corrected chi connectivity index (χ2v) is 4.72. The van der Waals surface area contributed by atoms with Gasteiger partial charge < -0.3 is 4.74 Å². The van der Waals surface area contributed by atoms with Gasteiger partial charge in [0.1, 0.15) is 5.75 Å². The van der Waals surface area contributed by atoms with E-state index < -0.39 is 0 Å². The monoisotopic (exact) mass is 267 g/mol. The third kappa shape index (κ3) is 3.06. The zero-order valence-electron chi connectivity index (χ0n) is 11.2. The largest absolute Gasteiger partial charge is 0.496 e. The molecular weight excluding hydrogens is 246 g/mol. The van der Waals surface area contributed by atoms with Gasteiger partial charge in [-0.2, -0.15) is 0 Å². The Balaban J connectivity index is 0.00000162. The van der Waals surface area contributed by atoms with E-state index in [1.807, 2.05) is 6.08 Å². The zero-order chi connectivity index (χ0) is 12.3. The van der Waals surface area contributed by atoms with Crippen LogP contribution in [0.3, 0.4) is 0 Å². The predicted octanol–water partition coefficient (Wildman–Crippen LogP) is 3.09. The van der Waals surface area contributed by atoms with Gasteiger partial charge in [-0.3, -0.25) is 4.90 Å². The van der Waals surface area contributed by atoms with E-state index in [9.17, 15) is 0 Å². The smallest absolute Gasteiger partial charge is 0.122 e. The molecule has 0 spiro atoms. The summed E-state index contributed by atoms with van der Waals surface area (Å²) in [6.45, 7) is 4.76. The molecule has 0 heterocycles. The highest BCUT2D eigenvalue weighted by atomic mass is 35.5. The summed E-state index contributed by atoms with van der Waals surface area (Å²) in [6, 6.07) is 6.98. The molecule has 18 heavy (non-hydrogen) atoms. The molecule has 1 atom stereocenters. The van der Waals surface area contributed by atoms with Gasteiger partial charge in [0.25, 0.3) is 0 Å². The first-order valence-electron chi connectivity index (χ1n) is 6.22. The lowest BCUT2D eigenvalue weighted by Crippen LogP contribution is -2.36. The van der Waals surface area contributed by atoms with E-state index in [4.69, 9.17) is 4.74 Å². The molecule has 100 valence electrons. The van der Waals surface area contributed by atoms with Crippen LogP contribution < -0.4 is 4.74 Å². The zero-order valence-corrected chi connectivity index (χ0v) is 12.0. The number of rotatable bonds is 4. The van der Waals surface area contributed by atoms with Crippen LogP contribution >= 0.6 is 12.4 Å². The summed E-state index contributed by atoms with van der Waals surface area (Å²) in [7, 11) is 3.93. The van der Waals surface area contributed by atoms with Crippen molar-refractivity contribution in [2.24, 2.45) is 0 Å². The molecule has 0 saturated carbocycles. The fraction of sp³-hybridized carbons (Fsp3) is 0.467. The van der Waals surface area contributed by atoms with Crippen LogP contribution in [0.1, 0.15) is 17.5 Å². The van der Waals surface area contributed by atoms with Crippen molar-refractivity contribution in [2.75, 3.05) is 20.7 Å². The summed E-state index contributed by atoms with van der Waals surface area (Å²) in [4.78, 5) is 2.38. The number of likely N-dealkylation sites (N-methyl/N-ethyl adjacent to an activating group) is 1. The van der Waals surface area contributed by atoms with Gasteiger partial charge in [0.15, 0.2) is 0 Å². The van der Waals surface area contributed by atoms with E-state index in [-0.39, 0.29) is 12.4 Å². The minimum Gasteiger partial charge on any atom is -0.496 e. The molecule has 1 aliphatic rings. The summed E-state index contributed by atoms with van der Waals surface area (Å²) in [6.07, 6.45) is 5.44. The number of ether oxygens (including phenoxy) is 1. The Morgan fingerprint density at radius 1 is 1.50 bits per heavy atom. The summed E-state index contributed by atoms with van der Waals surface area (Å²) < 4.78 is 5.46. The Morgan fingerprint density at radius 2 is 2.28 bits per heavy atom. The minimum absolute atomic E-state index is 0. The lowest BCUT2D eigenvalue weighted by molar-refractivity contribution is 0.241. The molecule has 1 unspecified atom stereocenters. The van der Waals surface area contributed by atoms with E-state index in [1.165, 1.54) is 17.5 Å². The minimum atomic E-state index is 0. The maximum Gasteiger partial charge on any atom is 0.122 e. The summed E-state index contributed by atoms with van der Waals surface area (Å²) in [5.74, 6) is 1.04. The first-order valence-corrected chi connectivity index (χ1v) is 6.22. The summed E-state index contributed by atoms with van der Waals surface area (Å²) in [5, 5.41) is 0. The Bertz CT molecular complexity index is 391. The molecule has 0 bridgehead atoms. The van der Waals surface area contributed by atoms with Gasteiger partial charge >= 0.3 is 0 Å². The number of hydrogen-bond donors (Lipinski definition) is 0. The van der Waals surface area contributed by atoms with Crippen molar-refractivity contribution in [3.05, 3.63) is 42.0 Å². The SMILES string of the molecule is C=CCN(C)C1CCc2cccc(OC)c2C1.Cl. The van der Waals surface area contributed by atoms with Gasteiger partial charge in [-0.25, -0.2) is 0 Å². The molecule has 0 aliphatic heterocycles. The lowest BCUT2D eigenvalue weighted by atomic mass is 9.87. The van der Waals surface area contributed by atoms with Crippen molar-refractivity contribution in [2.45, 2.75) is 25.3 Å². The number of methoxy groups -OCH3 is 1. The van der Waals surface area contributed by atoms with E-state index in [0.29, 0.717) is 6.04 Å². The van der Waals surface area contributed by atoms with Crippen LogP contribution in [0.15, 0.2) is 30.9 Å². The van der Waals surface area contributed by atoms with Crippen LogP contribution in [-0.2, 0) is 12.8 Å². The predicted molar refractivity (Wildman–Crippen MR) is 78.9 cm³/mol. The highest BCUT2D eigenvalue weighted by molar-refractivity contribution is 5.85. The van der Waals surface area contributed by atoms with Crippen LogP contribution in [0.5, 0.6) is 5.75 Å². The van der Waals surface area contributed by atoms with Gasteiger partial charge in [-0.15, -0.1) is 19.0 Å².